The van der Waals surface area contributed by atoms with E-state index in [2.05, 4.69) is 4.74 Å². The molecule has 0 aliphatic heterocycles. The van der Waals surface area contributed by atoms with Crippen LogP contribution in [0.25, 0.3) is 0 Å². The number of rotatable bonds is 9. The SMILES string of the molecule is CN(C(=O)c1ccc(F)cc1)c1cccc(C(=O)Cc2c(I)cc(C(F)(C(F)(F)F)C(F)(F)C(F)(F)F)cc2OC(F)F)c1F. The summed E-state index contributed by atoms with van der Waals surface area (Å²) in [5.74, 6) is -12.9. The van der Waals surface area contributed by atoms with E-state index in [4.69, 9.17) is 0 Å². The number of amides is 1. The van der Waals surface area contributed by atoms with Crippen LogP contribution in [-0.2, 0) is 12.1 Å². The Morgan fingerprint density at radius 3 is 1.96 bits per heavy atom. The largest absolute Gasteiger partial charge is 0.457 e. The summed E-state index contributed by atoms with van der Waals surface area (Å²) in [5, 5.41) is 0. The van der Waals surface area contributed by atoms with Gasteiger partial charge in [0.15, 0.2) is 11.6 Å². The van der Waals surface area contributed by atoms with Crippen LogP contribution in [0, 0.1) is 15.2 Å². The molecule has 18 heteroatoms. The molecule has 1 atom stereocenters. The second-order valence-corrected chi connectivity index (χ2v) is 10.3. The van der Waals surface area contributed by atoms with Crippen molar-refractivity contribution in [2.24, 2.45) is 0 Å². The van der Waals surface area contributed by atoms with Crippen LogP contribution in [0.5, 0.6) is 5.75 Å². The van der Waals surface area contributed by atoms with Crippen LogP contribution in [0.4, 0.5) is 62.8 Å². The molecule has 3 rings (SSSR count). The summed E-state index contributed by atoms with van der Waals surface area (Å²) in [7, 11) is 1.08. The molecule has 0 bridgehead atoms. The van der Waals surface area contributed by atoms with Gasteiger partial charge in [0, 0.05) is 33.7 Å². The minimum absolute atomic E-state index is 0.0997. The third-order valence-electron chi connectivity index (χ3n) is 6.32. The van der Waals surface area contributed by atoms with E-state index in [1.165, 1.54) is 0 Å². The van der Waals surface area contributed by atoms with Crippen molar-refractivity contribution in [3.63, 3.8) is 0 Å². The van der Waals surface area contributed by atoms with Crippen LogP contribution < -0.4 is 9.64 Å². The highest BCUT2D eigenvalue weighted by atomic mass is 127. The molecule has 0 N–H and O–H groups in total. The Kier molecular flexibility index (Phi) is 10.1. The standard InChI is InChI=1S/C27H15F13INO3/c1-42(22(44)12-5-7-14(28)8-6-12)18-4-2-3-15(21(18)29)19(43)11-16-17(41)9-13(10-20(16)45-23(30)31)24(32,26(35,36)37)25(33,34)27(38,39)40/h2-10,23H,11H2,1H3. The fourth-order valence-electron chi connectivity index (χ4n) is 4.05. The van der Waals surface area contributed by atoms with Crippen molar-refractivity contribution in [3.05, 3.63) is 92.1 Å². The normalized spacial score (nSPS) is 13.9. The predicted molar refractivity (Wildman–Crippen MR) is 139 cm³/mol. The molecular formula is C27H15F13INO3. The summed E-state index contributed by atoms with van der Waals surface area (Å²) < 4.78 is 180. The van der Waals surface area contributed by atoms with Gasteiger partial charge in [-0.1, -0.05) is 6.07 Å². The number of ketones is 1. The van der Waals surface area contributed by atoms with Gasteiger partial charge in [0.05, 0.1) is 11.3 Å². The van der Waals surface area contributed by atoms with Crippen molar-refractivity contribution in [1.82, 2.24) is 0 Å². The number of hydrogen-bond acceptors (Lipinski definition) is 3. The third-order valence-corrected chi connectivity index (χ3v) is 7.28. The lowest BCUT2D eigenvalue weighted by molar-refractivity contribution is -0.389. The molecule has 0 aromatic heterocycles. The number of benzene rings is 3. The first-order valence-corrected chi connectivity index (χ1v) is 13.0. The Morgan fingerprint density at radius 2 is 1.44 bits per heavy atom. The molecule has 0 saturated carbocycles. The fourth-order valence-corrected chi connectivity index (χ4v) is 4.84. The topological polar surface area (TPSA) is 46.6 Å². The molecule has 3 aromatic carbocycles. The van der Waals surface area contributed by atoms with E-state index in [9.17, 15) is 57.9 Å². The summed E-state index contributed by atoms with van der Waals surface area (Å²) >= 11 is 0.961. The molecular weight excluding hydrogens is 760 g/mol. The maximum absolute atomic E-state index is 15.4. The van der Waals surface area contributed by atoms with E-state index < -0.39 is 98.1 Å². The van der Waals surface area contributed by atoms with Gasteiger partial charge in [0.25, 0.3) is 5.91 Å². The first-order chi connectivity index (χ1) is 20.5. The summed E-state index contributed by atoms with van der Waals surface area (Å²) in [4.78, 5) is 26.5. The smallest absolute Gasteiger partial charge is 0.434 e. The Morgan fingerprint density at radius 1 is 0.867 bits per heavy atom. The molecule has 0 spiro atoms. The van der Waals surface area contributed by atoms with Gasteiger partial charge in [-0.3, -0.25) is 9.59 Å². The zero-order valence-electron chi connectivity index (χ0n) is 21.9. The zero-order valence-corrected chi connectivity index (χ0v) is 24.1. The van der Waals surface area contributed by atoms with Crippen LogP contribution >= 0.6 is 22.6 Å². The maximum atomic E-state index is 15.4. The molecule has 3 aromatic rings. The lowest BCUT2D eigenvalue weighted by atomic mass is 9.86. The van der Waals surface area contributed by atoms with E-state index in [0.717, 1.165) is 77.0 Å². The van der Waals surface area contributed by atoms with Gasteiger partial charge >= 0.3 is 30.6 Å². The minimum atomic E-state index is -7.12. The summed E-state index contributed by atoms with van der Waals surface area (Å²) in [6.45, 7) is -3.96. The van der Waals surface area contributed by atoms with Crippen molar-refractivity contribution < 1.29 is 71.4 Å². The average molecular weight is 775 g/mol. The van der Waals surface area contributed by atoms with Crippen molar-refractivity contribution >= 4 is 40.0 Å². The molecule has 4 nitrogen and oxygen atoms in total. The Bertz CT molecular complexity index is 1590. The second kappa shape index (κ2) is 12.7. The molecule has 244 valence electrons. The Balaban J connectivity index is 2.09. The first-order valence-electron chi connectivity index (χ1n) is 11.9. The molecule has 0 aliphatic carbocycles. The monoisotopic (exact) mass is 775 g/mol. The number of nitrogens with zero attached hydrogens (tertiary/aromatic N) is 1. The summed E-state index contributed by atoms with van der Waals surface area (Å²) in [6.07, 6.45) is -15.3. The highest BCUT2D eigenvalue weighted by Crippen LogP contribution is 2.59. The van der Waals surface area contributed by atoms with Crippen molar-refractivity contribution in [3.8, 4) is 5.75 Å². The van der Waals surface area contributed by atoms with Crippen molar-refractivity contribution in [2.75, 3.05) is 11.9 Å². The molecule has 1 unspecified atom stereocenters. The van der Waals surface area contributed by atoms with Crippen LogP contribution in [0.2, 0.25) is 0 Å². The summed E-state index contributed by atoms with van der Waals surface area (Å²) in [6, 6.07) is 6.35. The molecule has 1 amide bonds. The van der Waals surface area contributed by atoms with Crippen molar-refractivity contribution in [1.29, 1.82) is 0 Å². The number of halogens is 14. The van der Waals surface area contributed by atoms with Crippen LogP contribution in [0.15, 0.2) is 54.6 Å². The van der Waals surface area contributed by atoms with Gasteiger partial charge in [-0.15, -0.1) is 0 Å². The Hall–Kier alpha value is -3.58. The van der Waals surface area contributed by atoms with Gasteiger partial charge in [-0.2, -0.15) is 43.9 Å². The van der Waals surface area contributed by atoms with Crippen LogP contribution in [-0.4, -0.2) is 43.6 Å². The molecule has 0 heterocycles. The average Bonchev–Trinajstić information content (AvgIpc) is 2.92. The number of hydrogen-bond donors (Lipinski definition) is 0. The number of carbonyl (C=O) groups is 2. The van der Waals surface area contributed by atoms with Gasteiger partial charge in [0.1, 0.15) is 11.6 Å². The Labute approximate surface area is 257 Å². The van der Waals surface area contributed by atoms with Gasteiger partial charge in [-0.25, -0.2) is 13.2 Å². The molecule has 0 saturated heterocycles. The quantitative estimate of drug-likeness (QED) is 0.124. The van der Waals surface area contributed by atoms with E-state index in [1.807, 2.05) is 0 Å². The number of carbonyl (C=O) groups excluding carboxylic acids is 2. The van der Waals surface area contributed by atoms with Gasteiger partial charge in [-0.05, 0) is 71.1 Å². The van der Waals surface area contributed by atoms with Crippen molar-refractivity contribution in [2.45, 2.75) is 37.0 Å². The molecule has 0 aliphatic rings. The van der Waals surface area contributed by atoms with E-state index in [0.29, 0.717) is 0 Å². The van der Waals surface area contributed by atoms with E-state index >= 15 is 8.78 Å². The molecule has 45 heavy (non-hydrogen) atoms. The van der Waals surface area contributed by atoms with Gasteiger partial charge < -0.3 is 9.64 Å². The zero-order chi connectivity index (χ0) is 34.3. The molecule has 0 radical (unpaired) electrons. The van der Waals surface area contributed by atoms with Gasteiger partial charge in [0.2, 0.25) is 0 Å². The van der Waals surface area contributed by atoms with E-state index in [-0.39, 0.29) is 11.6 Å². The highest BCUT2D eigenvalue weighted by molar-refractivity contribution is 14.1. The number of alkyl halides is 11. The predicted octanol–water partition coefficient (Wildman–Crippen LogP) is 8.80. The highest BCUT2D eigenvalue weighted by Gasteiger charge is 2.81. The molecule has 0 fully saturated rings. The summed E-state index contributed by atoms with van der Waals surface area (Å²) in [5.41, 5.74) is -11.3. The second-order valence-electron chi connectivity index (χ2n) is 9.15. The first kappa shape index (κ1) is 35.9. The number of anilines is 1. The number of Topliss-reactive ketones (excluding diaryl/α,β-unsaturated/α-hetero) is 1. The maximum Gasteiger partial charge on any atom is 0.457 e. The van der Waals surface area contributed by atoms with E-state index in [1.54, 1.807) is 0 Å². The minimum Gasteiger partial charge on any atom is -0.434 e. The lowest BCUT2D eigenvalue weighted by Crippen LogP contribution is -2.59. The lowest BCUT2D eigenvalue weighted by Gasteiger charge is -2.36. The van der Waals surface area contributed by atoms with Crippen LogP contribution in [0.1, 0.15) is 31.8 Å². The fraction of sp³-hybridized carbons (Fsp3) is 0.259. The third kappa shape index (κ3) is 6.84. The number of ether oxygens (including phenoxy) is 1. The van der Waals surface area contributed by atoms with Crippen LogP contribution in [0.3, 0.4) is 0 Å².